The second-order valence-corrected chi connectivity index (χ2v) is 9.98. The lowest BCUT2D eigenvalue weighted by molar-refractivity contribution is -0.767. The zero-order valence-corrected chi connectivity index (χ0v) is 21.3. The third-order valence-corrected chi connectivity index (χ3v) is 7.36. The van der Waals surface area contributed by atoms with E-state index < -0.39 is 53.5 Å². The van der Waals surface area contributed by atoms with Crippen LogP contribution in [-0.4, -0.2) is 89.2 Å². The highest BCUT2D eigenvalue weighted by atomic mass is 32.2. The van der Waals surface area contributed by atoms with Crippen LogP contribution in [0.2, 0.25) is 0 Å². The maximum Gasteiger partial charge on any atom is 0.425 e. The summed E-state index contributed by atoms with van der Waals surface area (Å²) in [4.78, 5) is 47.0. The number of hydrogen-bond donors (Lipinski definition) is 5. The Labute approximate surface area is 225 Å². The van der Waals surface area contributed by atoms with Crippen molar-refractivity contribution in [1.82, 2.24) is 24.3 Å². The number of nitrogens with two attached hydrogens (primary N) is 2. The first kappa shape index (κ1) is 28.1. The number of β-lactam (4-membered cyclic amide) rings is 1. The molecule has 2 aromatic heterocycles. The van der Waals surface area contributed by atoms with E-state index >= 15 is 0 Å². The van der Waals surface area contributed by atoms with Crippen molar-refractivity contribution in [2.75, 3.05) is 30.4 Å². The zero-order chi connectivity index (χ0) is 28.5. The average molecular weight is 593 g/mol. The second kappa shape index (κ2) is 11.1. The number of halogens is 3. The van der Waals surface area contributed by atoms with Crippen LogP contribution in [-0.2, 0) is 32.3 Å². The Balaban J connectivity index is 1.53. The first-order valence-electron chi connectivity index (χ1n) is 10.9. The molecule has 0 spiro atoms. The lowest BCUT2D eigenvalue weighted by Crippen LogP contribution is -2.71. The molecule has 1 saturated heterocycles. The van der Waals surface area contributed by atoms with Crippen molar-refractivity contribution in [1.29, 1.82) is 0 Å². The number of nitrogen functional groups attached to an aromatic ring is 2. The van der Waals surface area contributed by atoms with E-state index in [2.05, 4.69) is 24.7 Å². The van der Waals surface area contributed by atoms with Crippen LogP contribution in [0.3, 0.4) is 0 Å². The average Bonchev–Trinajstić information content (AvgIpc) is 3.44. The second-order valence-electron chi connectivity index (χ2n) is 8.09. The zero-order valence-electron chi connectivity index (χ0n) is 19.7. The topological polar surface area (TPSA) is 215 Å². The number of carboxylic acid groups (broad SMARTS) is 1. The fourth-order valence-corrected chi connectivity index (χ4v) is 5.63. The van der Waals surface area contributed by atoms with Crippen molar-refractivity contribution in [2.45, 2.75) is 30.7 Å². The van der Waals surface area contributed by atoms with E-state index in [9.17, 15) is 37.8 Å². The van der Waals surface area contributed by atoms with E-state index in [1.165, 1.54) is 11.8 Å². The van der Waals surface area contributed by atoms with Gasteiger partial charge in [-0.15, -0.1) is 21.1 Å². The Morgan fingerprint density at radius 1 is 1.36 bits per heavy atom. The van der Waals surface area contributed by atoms with Crippen LogP contribution >= 0.6 is 23.3 Å². The summed E-state index contributed by atoms with van der Waals surface area (Å²) in [6.45, 7) is -1.78. The fraction of sp³-hybridized carbons (Fsp3) is 0.421. The lowest BCUT2D eigenvalue weighted by atomic mass is 10.0. The van der Waals surface area contributed by atoms with Crippen LogP contribution in [0.1, 0.15) is 5.82 Å². The largest absolute Gasteiger partial charge is 0.477 e. The number of nitrogens with one attached hydrogen (secondary N) is 1. The van der Waals surface area contributed by atoms with Crippen molar-refractivity contribution >= 4 is 57.7 Å². The van der Waals surface area contributed by atoms with Crippen LogP contribution in [0.5, 0.6) is 0 Å². The molecule has 0 unspecified atom stereocenters. The number of oxime groups is 1. The number of alkyl halides is 3. The normalized spacial score (nSPS) is 19.5. The molecule has 15 nitrogen and oxygen atoms in total. The van der Waals surface area contributed by atoms with Gasteiger partial charge in [-0.25, -0.2) is 4.79 Å². The van der Waals surface area contributed by atoms with Crippen LogP contribution in [0, 0.1) is 0 Å². The van der Waals surface area contributed by atoms with Crippen LogP contribution < -0.4 is 21.5 Å². The Morgan fingerprint density at radius 2 is 2.10 bits per heavy atom. The highest BCUT2D eigenvalue weighted by Gasteiger charge is 2.55. The van der Waals surface area contributed by atoms with E-state index in [0.29, 0.717) is 22.9 Å². The van der Waals surface area contributed by atoms with Crippen molar-refractivity contribution in [2.24, 2.45) is 5.16 Å². The van der Waals surface area contributed by atoms with Gasteiger partial charge in [0, 0.05) is 22.9 Å². The van der Waals surface area contributed by atoms with E-state index in [-0.39, 0.29) is 36.3 Å². The van der Waals surface area contributed by atoms with Gasteiger partial charge in [0.15, 0.2) is 23.7 Å². The number of carbonyl (C=O) groups excluding carboxylic acids is 2. The monoisotopic (exact) mass is 592 g/mol. The molecule has 4 heterocycles. The third kappa shape index (κ3) is 5.91. The summed E-state index contributed by atoms with van der Waals surface area (Å²) < 4.78 is 44.4. The molecular weight excluding hydrogens is 571 g/mol. The number of fused-ring (bicyclic) bond motifs is 1. The third-order valence-electron chi connectivity index (χ3n) is 5.48. The van der Waals surface area contributed by atoms with Gasteiger partial charge in [0.25, 0.3) is 11.8 Å². The smallest absolute Gasteiger partial charge is 0.425 e. The number of hydrogen-bond acceptors (Lipinski definition) is 12. The van der Waals surface area contributed by atoms with Gasteiger partial charge >= 0.3 is 12.1 Å². The van der Waals surface area contributed by atoms with Gasteiger partial charge in [0.2, 0.25) is 18.1 Å². The lowest BCUT2D eigenvalue weighted by Gasteiger charge is -2.49. The highest BCUT2D eigenvalue weighted by Crippen LogP contribution is 2.40. The molecule has 0 saturated carbocycles. The number of rotatable bonds is 10. The van der Waals surface area contributed by atoms with Crippen LogP contribution in [0.25, 0.3) is 0 Å². The molecule has 0 radical (unpaired) electrons. The number of thioether (sulfide) groups is 1. The maximum absolute atomic E-state index is 13.0. The molecule has 2 aliphatic rings. The first-order chi connectivity index (χ1) is 18.4. The van der Waals surface area contributed by atoms with Gasteiger partial charge in [0.1, 0.15) is 23.7 Å². The predicted molar refractivity (Wildman–Crippen MR) is 129 cm³/mol. The predicted octanol–water partition coefficient (Wildman–Crippen LogP) is -1.49. The van der Waals surface area contributed by atoms with Crippen molar-refractivity contribution in [3.63, 3.8) is 0 Å². The number of nitrogens with zero attached hydrogens (tertiary/aromatic N) is 6. The summed E-state index contributed by atoms with van der Waals surface area (Å²) in [7, 11) is 0. The number of aliphatic hydroxyl groups excluding tert-OH is 1. The standard InChI is InChI=1S/C19H20F3N9O6S2/c20-19(21,22)7-37-27-10(13-26-18(24)39-28-13)14(33)25-11-15(34)31-12(17(35)36)8(6-38-16(11)31)5-29-2-1-9(23)30(29)3-4-32/h1-2,11,16,23,32H,3-7H2,(H4,24,25,26,28,33,35,36)/p+1/t11-,16-/m1/s1. The minimum Gasteiger partial charge on any atom is -0.477 e. The minimum absolute atomic E-state index is 0.0592. The van der Waals surface area contributed by atoms with E-state index in [1.807, 2.05) is 0 Å². The summed E-state index contributed by atoms with van der Waals surface area (Å²) in [6.07, 6.45) is -3.13. The van der Waals surface area contributed by atoms with Gasteiger partial charge < -0.3 is 31.8 Å². The first-order valence-corrected chi connectivity index (χ1v) is 12.8. The van der Waals surface area contributed by atoms with Crippen LogP contribution in [0.15, 0.2) is 28.7 Å². The SMILES string of the molecule is Nc1nc(C(=NOCC(F)(F)F)C(=O)N[C@@H]2C(=O)N3C(C(=O)O)=C(C[n+]4ccc(N)n4CCO)CS[C@H]23)ns1. The molecule has 2 amide bonds. The van der Waals surface area contributed by atoms with Gasteiger partial charge in [-0.2, -0.15) is 22.5 Å². The maximum atomic E-state index is 13.0. The van der Waals surface area contributed by atoms with Crippen LogP contribution in [0.4, 0.5) is 24.1 Å². The molecule has 4 rings (SSSR count). The van der Waals surface area contributed by atoms with Crippen molar-refractivity contribution in [3.8, 4) is 0 Å². The summed E-state index contributed by atoms with van der Waals surface area (Å²) in [5.41, 5.74) is 10.8. The number of aromatic nitrogens is 4. The Kier molecular flexibility index (Phi) is 7.97. The molecule has 210 valence electrons. The molecule has 0 aromatic carbocycles. The number of aliphatic hydroxyl groups is 1. The molecule has 39 heavy (non-hydrogen) atoms. The van der Waals surface area contributed by atoms with Gasteiger partial charge in [-0.05, 0) is 0 Å². The van der Waals surface area contributed by atoms with E-state index in [1.54, 1.807) is 21.6 Å². The molecule has 0 aliphatic carbocycles. The molecule has 7 N–H and O–H groups in total. The quantitative estimate of drug-likeness (QED) is 0.0927. The number of anilines is 2. The van der Waals surface area contributed by atoms with Gasteiger partial charge in [-0.3, -0.25) is 14.5 Å². The molecule has 2 aliphatic heterocycles. The number of carbonyl (C=O) groups is 3. The summed E-state index contributed by atoms with van der Waals surface area (Å²) >= 11 is 1.83. The molecule has 1 fully saturated rings. The molecule has 2 aromatic rings. The van der Waals surface area contributed by atoms with Gasteiger partial charge in [0.05, 0.1) is 12.7 Å². The Morgan fingerprint density at radius 3 is 2.72 bits per heavy atom. The molecule has 0 bridgehead atoms. The number of carboxylic acids is 1. The van der Waals surface area contributed by atoms with Crippen molar-refractivity contribution < 1.29 is 47.3 Å². The molecule has 20 heteroatoms. The van der Waals surface area contributed by atoms with Gasteiger partial charge in [-0.1, -0.05) is 5.16 Å². The van der Waals surface area contributed by atoms with E-state index in [0.717, 1.165) is 4.90 Å². The number of aliphatic carboxylic acids is 1. The molecule has 2 atom stereocenters. The minimum atomic E-state index is -4.73. The Bertz CT molecular complexity index is 1360. The fourth-order valence-electron chi connectivity index (χ4n) is 3.86. The summed E-state index contributed by atoms with van der Waals surface area (Å²) in [5, 5.41) is 23.8. The molecular formula is C19H21F3N9O6S2+. The Hall–Kier alpha value is -3.91. The highest BCUT2D eigenvalue weighted by molar-refractivity contribution is 8.00. The number of amides is 2. The summed E-state index contributed by atoms with van der Waals surface area (Å²) in [6, 6.07) is 0.363. The van der Waals surface area contributed by atoms with E-state index in [4.69, 9.17) is 11.5 Å². The van der Waals surface area contributed by atoms with Crippen molar-refractivity contribution in [3.05, 3.63) is 29.4 Å². The summed E-state index contributed by atoms with van der Waals surface area (Å²) in [5.74, 6) is -3.14.